The van der Waals surface area contributed by atoms with Gasteiger partial charge in [-0.2, -0.15) is 5.10 Å². The van der Waals surface area contributed by atoms with Crippen LogP contribution in [0.2, 0.25) is 0 Å². The summed E-state index contributed by atoms with van der Waals surface area (Å²) in [5.74, 6) is 0.240. The average molecular weight is 354 g/mol. The Morgan fingerprint density at radius 3 is 2.85 bits per heavy atom. The van der Waals surface area contributed by atoms with Gasteiger partial charge in [0.2, 0.25) is 11.8 Å². The van der Waals surface area contributed by atoms with Crippen molar-refractivity contribution in [3.05, 3.63) is 42.1 Å². The lowest BCUT2D eigenvalue weighted by molar-refractivity contribution is -0.122. The molecule has 1 aromatic heterocycles. The van der Waals surface area contributed by atoms with Crippen LogP contribution >= 0.6 is 0 Å². The van der Waals surface area contributed by atoms with E-state index in [2.05, 4.69) is 24.3 Å². The number of nitrogens with one attached hydrogen (secondary N) is 1. The van der Waals surface area contributed by atoms with Gasteiger partial charge in [0.25, 0.3) is 0 Å². The number of aryl methyl sites for hydroxylation is 2. The van der Waals surface area contributed by atoms with E-state index in [0.29, 0.717) is 12.4 Å². The third-order valence-electron chi connectivity index (χ3n) is 4.85. The lowest BCUT2D eigenvalue weighted by atomic mass is 10.1. The highest BCUT2D eigenvalue weighted by atomic mass is 16.2. The summed E-state index contributed by atoms with van der Waals surface area (Å²) in [4.78, 5) is 26.9. The number of hydrogen-bond acceptors (Lipinski definition) is 3. The number of unbranched alkanes of at least 4 members (excludes halogenated alkanes) is 1. The first-order valence-electron chi connectivity index (χ1n) is 9.35. The number of benzene rings is 1. The maximum atomic E-state index is 12.7. The summed E-state index contributed by atoms with van der Waals surface area (Å²) in [5, 5.41) is 7.20. The number of para-hydroxylation sites is 1. The highest BCUT2D eigenvalue weighted by molar-refractivity contribution is 6.03. The lowest BCUT2D eigenvalue weighted by Crippen LogP contribution is -2.29. The highest BCUT2D eigenvalue weighted by Crippen LogP contribution is 2.29. The van der Waals surface area contributed by atoms with E-state index in [-0.39, 0.29) is 24.2 Å². The van der Waals surface area contributed by atoms with Crippen molar-refractivity contribution in [2.45, 2.75) is 46.1 Å². The van der Waals surface area contributed by atoms with E-state index in [1.54, 1.807) is 17.2 Å². The Labute approximate surface area is 154 Å². The van der Waals surface area contributed by atoms with E-state index in [0.717, 1.165) is 37.1 Å². The minimum Gasteiger partial charge on any atom is -0.311 e. The molecule has 0 radical (unpaired) electrons. The third-order valence-corrected chi connectivity index (χ3v) is 4.85. The molecule has 1 fully saturated rings. The summed E-state index contributed by atoms with van der Waals surface area (Å²) in [6.07, 6.45) is 4.86. The summed E-state index contributed by atoms with van der Waals surface area (Å²) in [7, 11) is 0. The van der Waals surface area contributed by atoms with Crippen molar-refractivity contribution < 1.29 is 9.59 Å². The zero-order valence-corrected chi connectivity index (χ0v) is 15.4. The minimum absolute atomic E-state index is 0.00513. The molecule has 3 rings (SSSR count). The number of carbonyl (C=O) groups excluding carboxylic acids is 2. The first-order chi connectivity index (χ1) is 12.6. The van der Waals surface area contributed by atoms with Crippen LogP contribution in [0.15, 0.2) is 36.5 Å². The highest BCUT2D eigenvalue weighted by Gasteiger charge is 2.36. The Kier molecular flexibility index (Phi) is 5.71. The van der Waals surface area contributed by atoms with Gasteiger partial charge < -0.3 is 10.2 Å². The molecule has 0 spiro atoms. The fourth-order valence-electron chi connectivity index (χ4n) is 3.34. The van der Waals surface area contributed by atoms with Crippen molar-refractivity contribution >= 4 is 23.3 Å². The number of aromatic nitrogens is 2. The van der Waals surface area contributed by atoms with Crippen LogP contribution in [-0.4, -0.2) is 28.1 Å². The van der Waals surface area contributed by atoms with Gasteiger partial charge in [-0.1, -0.05) is 38.5 Å². The molecule has 6 nitrogen and oxygen atoms in total. The van der Waals surface area contributed by atoms with Gasteiger partial charge in [0.05, 0.1) is 12.1 Å². The summed E-state index contributed by atoms with van der Waals surface area (Å²) in [6.45, 7) is 5.39. The number of hydrogen-bond donors (Lipinski definition) is 1. The lowest BCUT2D eigenvalue weighted by Gasteiger charge is -2.20. The van der Waals surface area contributed by atoms with Gasteiger partial charge in [-0.05, 0) is 24.5 Å². The molecule has 2 heterocycles. The van der Waals surface area contributed by atoms with E-state index >= 15 is 0 Å². The van der Waals surface area contributed by atoms with E-state index in [1.165, 1.54) is 0 Å². The summed E-state index contributed by atoms with van der Waals surface area (Å²) < 4.78 is 1.81. The zero-order chi connectivity index (χ0) is 18.5. The maximum absolute atomic E-state index is 12.7. The molecule has 1 aliphatic rings. The molecule has 2 aromatic rings. The first kappa shape index (κ1) is 18.2. The molecule has 1 aliphatic heterocycles. The predicted molar refractivity (Wildman–Crippen MR) is 102 cm³/mol. The second-order valence-electron chi connectivity index (χ2n) is 6.67. The monoisotopic (exact) mass is 354 g/mol. The molecule has 6 heteroatoms. The smallest absolute Gasteiger partial charge is 0.230 e. The molecule has 0 aliphatic carbocycles. The Bertz CT molecular complexity index is 784. The average Bonchev–Trinajstić information content (AvgIpc) is 3.26. The number of anilines is 2. The molecule has 138 valence electrons. The minimum atomic E-state index is -0.345. The molecule has 1 saturated heterocycles. The van der Waals surface area contributed by atoms with E-state index in [9.17, 15) is 9.59 Å². The summed E-state index contributed by atoms with van der Waals surface area (Å²) >= 11 is 0. The SMILES string of the molecule is CCCCn1nccc1NC(=O)C1CC(=O)N(c2ccccc2CC)C1. The quantitative estimate of drug-likeness (QED) is 0.830. The molecule has 1 aromatic carbocycles. The van der Waals surface area contributed by atoms with Crippen molar-refractivity contribution in [1.82, 2.24) is 9.78 Å². The molecule has 26 heavy (non-hydrogen) atoms. The Morgan fingerprint density at radius 2 is 2.08 bits per heavy atom. The summed E-state index contributed by atoms with van der Waals surface area (Å²) in [6, 6.07) is 9.69. The van der Waals surface area contributed by atoms with Crippen molar-refractivity contribution in [2.24, 2.45) is 5.92 Å². The Balaban J connectivity index is 1.69. The molecule has 0 bridgehead atoms. The third kappa shape index (κ3) is 3.79. The van der Waals surface area contributed by atoms with Crippen molar-refractivity contribution in [2.75, 3.05) is 16.8 Å². The van der Waals surface area contributed by atoms with Crippen molar-refractivity contribution in [1.29, 1.82) is 0 Å². The second-order valence-corrected chi connectivity index (χ2v) is 6.67. The van der Waals surface area contributed by atoms with Crippen LogP contribution in [0, 0.1) is 5.92 Å². The number of rotatable bonds is 7. The standard InChI is InChI=1S/C20H26N4O2/c1-3-5-12-24-18(10-11-21-24)22-20(26)16-13-19(25)23(14-16)17-9-7-6-8-15(17)4-2/h6-11,16H,3-5,12-14H2,1-2H3,(H,22,26). The van der Waals surface area contributed by atoms with Gasteiger partial charge in [-0.15, -0.1) is 0 Å². The predicted octanol–water partition coefficient (Wildman–Crippen LogP) is 3.24. The van der Waals surface area contributed by atoms with Crippen LogP contribution < -0.4 is 10.2 Å². The number of nitrogens with zero attached hydrogens (tertiary/aromatic N) is 3. The van der Waals surface area contributed by atoms with Gasteiger partial charge >= 0.3 is 0 Å². The van der Waals surface area contributed by atoms with Crippen LogP contribution in [0.4, 0.5) is 11.5 Å². The normalized spacial score (nSPS) is 16.9. The largest absolute Gasteiger partial charge is 0.311 e. The Hall–Kier alpha value is -2.63. The zero-order valence-electron chi connectivity index (χ0n) is 15.4. The number of amides is 2. The van der Waals surface area contributed by atoms with E-state index in [1.807, 2.05) is 28.9 Å². The van der Waals surface area contributed by atoms with Crippen LogP contribution in [0.3, 0.4) is 0 Å². The summed E-state index contributed by atoms with van der Waals surface area (Å²) in [5.41, 5.74) is 2.04. The van der Waals surface area contributed by atoms with Crippen LogP contribution in [0.25, 0.3) is 0 Å². The van der Waals surface area contributed by atoms with Gasteiger partial charge in [-0.25, -0.2) is 4.68 Å². The van der Waals surface area contributed by atoms with Gasteiger partial charge in [-0.3, -0.25) is 9.59 Å². The molecular weight excluding hydrogens is 328 g/mol. The molecule has 0 saturated carbocycles. The molecule has 1 N–H and O–H groups in total. The van der Waals surface area contributed by atoms with Gasteiger partial charge in [0.1, 0.15) is 5.82 Å². The molecule has 1 atom stereocenters. The van der Waals surface area contributed by atoms with Crippen LogP contribution in [-0.2, 0) is 22.6 Å². The first-order valence-corrected chi connectivity index (χ1v) is 9.35. The van der Waals surface area contributed by atoms with E-state index in [4.69, 9.17) is 0 Å². The van der Waals surface area contributed by atoms with Crippen molar-refractivity contribution in [3.8, 4) is 0 Å². The topological polar surface area (TPSA) is 67.2 Å². The fraction of sp³-hybridized carbons (Fsp3) is 0.450. The van der Waals surface area contributed by atoms with Crippen molar-refractivity contribution in [3.63, 3.8) is 0 Å². The van der Waals surface area contributed by atoms with Crippen LogP contribution in [0.5, 0.6) is 0 Å². The molecular formula is C20H26N4O2. The molecule has 2 amide bonds. The van der Waals surface area contributed by atoms with Crippen LogP contribution in [0.1, 0.15) is 38.7 Å². The fourth-order valence-corrected chi connectivity index (χ4v) is 3.34. The second kappa shape index (κ2) is 8.17. The molecule has 1 unspecified atom stereocenters. The van der Waals surface area contributed by atoms with E-state index < -0.39 is 0 Å². The number of carbonyl (C=O) groups is 2. The van der Waals surface area contributed by atoms with Gasteiger partial charge in [0, 0.05) is 31.3 Å². The maximum Gasteiger partial charge on any atom is 0.230 e. The Morgan fingerprint density at radius 1 is 1.27 bits per heavy atom. The van der Waals surface area contributed by atoms with Gasteiger partial charge in [0.15, 0.2) is 0 Å².